The number of nitrogens with zero attached hydrogens (tertiary/aromatic N) is 5. The highest BCUT2D eigenvalue weighted by molar-refractivity contribution is 5.89. The van der Waals surface area contributed by atoms with Crippen LogP contribution in [0.1, 0.15) is 69.1 Å². The molecule has 12 nitrogen and oxygen atoms in total. The van der Waals surface area contributed by atoms with Crippen molar-refractivity contribution in [2.45, 2.75) is 67.1 Å². The van der Waals surface area contributed by atoms with E-state index in [1.807, 2.05) is 55.5 Å². The third kappa shape index (κ3) is 7.07. The Morgan fingerprint density at radius 3 is 2.24 bits per heavy atom. The molecule has 0 aliphatic carbocycles. The molecule has 0 amide bonds. The molecule has 0 saturated carbocycles. The average molecular weight is 577 g/mol. The van der Waals surface area contributed by atoms with Crippen LogP contribution in [0.5, 0.6) is 0 Å². The molecule has 0 atom stereocenters. The predicted octanol–water partition coefficient (Wildman–Crippen LogP) is 4.40. The lowest BCUT2D eigenvalue weighted by Crippen LogP contribution is -2.29. The lowest BCUT2D eigenvalue weighted by Gasteiger charge is -2.23. The van der Waals surface area contributed by atoms with Gasteiger partial charge in [-0.25, -0.2) is 14.9 Å². The van der Waals surface area contributed by atoms with Crippen molar-refractivity contribution < 1.29 is 28.9 Å². The van der Waals surface area contributed by atoms with Gasteiger partial charge < -0.3 is 19.3 Å². The van der Waals surface area contributed by atoms with Gasteiger partial charge in [-0.1, -0.05) is 48.5 Å². The molecule has 4 aromatic rings. The lowest BCUT2D eigenvalue weighted by atomic mass is 9.97. The molecule has 4 rings (SSSR count). The van der Waals surface area contributed by atoms with E-state index in [4.69, 9.17) is 14.2 Å². The van der Waals surface area contributed by atoms with Crippen LogP contribution in [0.25, 0.3) is 22.5 Å². The zero-order valence-corrected chi connectivity index (χ0v) is 24.7. The van der Waals surface area contributed by atoms with E-state index in [0.717, 1.165) is 22.3 Å². The number of aromatic amines is 1. The first-order valence-corrected chi connectivity index (χ1v) is 13.6. The average Bonchev–Trinajstić information content (AvgIpc) is 3.62. The number of imidazole rings is 1. The van der Waals surface area contributed by atoms with Gasteiger partial charge in [-0.2, -0.15) is 0 Å². The van der Waals surface area contributed by atoms with Crippen LogP contribution in [0.3, 0.4) is 0 Å². The predicted molar refractivity (Wildman–Crippen MR) is 153 cm³/mol. The maximum Gasteiger partial charge on any atom is 0.359 e. The summed E-state index contributed by atoms with van der Waals surface area (Å²) < 4.78 is 18.2. The van der Waals surface area contributed by atoms with Crippen LogP contribution in [0, 0.1) is 5.41 Å². The van der Waals surface area contributed by atoms with Gasteiger partial charge in [0.1, 0.15) is 24.6 Å². The van der Waals surface area contributed by atoms with Crippen LogP contribution < -0.4 is 0 Å². The number of rotatable bonds is 11. The molecule has 0 spiro atoms. The summed E-state index contributed by atoms with van der Waals surface area (Å²) in [5.41, 5.74) is 1.33. The number of carbonyl (C=O) groups excluding carboxylic acids is 2. The highest BCUT2D eigenvalue weighted by atomic mass is 16.5. The molecular weight excluding hydrogens is 540 g/mol. The molecule has 0 bridgehead atoms. The zero-order valence-electron chi connectivity index (χ0n) is 24.7. The van der Waals surface area contributed by atoms with E-state index < -0.39 is 23.0 Å². The summed E-state index contributed by atoms with van der Waals surface area (Å²) in [7, 11) is 0. The van der Waals surface area contributed by atoms with Crippen molar-refractivity contribution in [3.05, 3.63) is 71.3 Å². The first kappa shape index (κ1) is 30.5. The summed E-state index contributed by atoms with van der Waals surface area (Å²) in [6.07, 6.45) is 0. The fourth-order valence-corrected chi connectivity index (χ4v) is 4.26. The molecule has 0 fully saturated rings. The molecule has 222 valence electrons. The summed E-state index contributed by atoms with van der Waals surface area (Å²) >= 11 is 0. The molecule has 2 heterocycles. The number of nitrogens with one attached hydrogen (secondary N) is 1. The van der Waals surface area contributed by atoms with Crippen molar-refractivity contribution in [3.63, 3.8) is 0 Å². The molecular formula is C30H36N6O6. The quantitative estimate of drug-likeness (QED) is 0.246. The third-order valence-electron chi connectivity index (χ3n) is 6.35. The van der Waals surface area contributed by atoms with Crippen LogP contribution in [0.15, 0.2) is 48.5 Å². The highest BCUT2D eigenvalue weighted by Crippen LogP contribution is 2.30. The fourth-order valence-electron chi connectivity index (χ4n) is 4.26. The van der Waals surface area contributed by atoms with Crippen molar-refractivity contribution >= 4 is 11.9 Å². The van der Waals surface area contributed by atoms with Crippen LogP contribution >= 0.6 is 0 Å². The first-order valence-electron chi connectivity index (χ1n) is 13.6. The number of ether oxygens (including phenoxy) is 3. The number of aromatic nitrogens is 6. The molecule has 42 heavy (non-hydrogen) atoms. The van der Waals surface area contributed by atoms with Gasteiger partial charge >= 0.3 is 11.9 Å². The lowest BCUT2D eigenvalue weighted by molar-refractivity contribution is -0.157. The molecule has 2 aromatic carbocycles. The number of esters is 2. The molecule has 0 aliphatic rings. The first-order chi connectivity index (χ1) is 19.9. The molecule has 0 aliphatic heterocycles. The zero-order chi connectivity index (χ0) is 30.5. The van der Waals surface area contributed by atoms with E-state index in [1.54, 1.807) is 20.8 Å². The maximum atomic E-state index is 13.3. The van der Waals surface area contributed by atoms with Crippen molar-refractivity contribution in [3.8, 4) is 22.5 Å². The Bertz CT molecular complexity index is 1520. The van der Waals surface area contributed by atoms with Gasteiger partial charge in [0.2, 0.25) is 0 Å². The largest absolute Gasteiger partial charge is 0.456 e. The van der Waals surface area contributed by atoms with Crippen LogP contribution in [-0.2, 0) is 44.6 Å². The van der Waals surface area contributed by atoms with Gasteiger partial charge in [-0.05, 0) is 68.7 Å². The number of H-pyrrole nitrogens is 1. The van der Waals surface area contributed by atoms with E-state index in [1.165, 1.54) is 18.4 Å². The van der Waals surface area contributed by atoms with E-state index >= 15 is 0 Å². The molecule has 2 aromatic heterocycles. The molecule has 0 radical (unpaired) electrons. The van der Waals surface area contributed by atoms with Crippen LogP contribution in [0.4, 0.5) is 0 Å². The second kappa shape index (κ2) is 12.6. The number of aliphatic hydroxyl groups is 1. The van der Waals surface area contributed by atoms with Gasteiger partial charge in [-0.3, -0.25) is 9.36 Å². The monoisotopic (exact) mass is 576 g/mol. The van der Waals surface area contributed by atoms with E-state index in [9.17, 15) is 14.7 Å². The number of hydrogen-bond donors (Lipinski definition) is 2. The van der Waals surface area contributed by atoms with Crippen molar-refractivity contribution in [2.24, 2.45) is 5.41 Å². The summed E-state index contributed by atoms with van der Waals surface area (Å²) in [5, 5.41) is 25.1. The Hall–Kier alpha value is -4.42. The Balaban J connectivity index is 1.55. The van der Waals surface area contributed by atoms with E-state index in [0.29, 0.717) is 18.3 Å². The normalized spacial score (nSPS) is 11.9. The SMILES string of the molecule is CCOCc1nc(C(=O)OCc2ccc(-c3ccccc3-c3nnn[nH]3)cc2)c(C(C)(C)O)n1COC(=O)C(C)(C)C. The van der Waals surface area contributed by atoms with Gasteiger partial charge in [0.05, 0.1) is 11.1 Å². The number of benzene rings is 2. The van der Waals surface area contributed by atoms with Crippen molar-refractivity contribution in [2.75, 3.05) is 6.61 Å². The standard InChI is InChI=1S/C30H36N6O6/c1-7-40-17-23-31-24(25(30(5,6)39)36(23)18-42-28(38)29(2,3)4)27(37)41-16-19-12-14-20(15-13-19)21-10-8-9-11-22(21)26-32-34-35-33-26/h8-15,39H,7,16-18H2,1-6H3,(H,32,33,34,35). The second-order valence-electron chi connectivity index (χ2n) is 11.2. The van der Waals surface area contributed by atoms with Gasteiger partial charge in [-0.15, -0.1) is 5.10 Å². The Kier molecular flexibility index (Phi) is 9.17. The minimum absolute atomic E-state index is 0.0231. The number of carbonyl (C=O) groups is 2. The van der Waals surface area contributed by atoms with Crippen molar-refractivity contribution in [1.82, 2.24) is 30.2 Å². The minimum atomic E-state index is -1.51. The fraction of sp³-hybridized carbons (Fsp3) is 0.400. The van der Waals surface area contributed by atoms with Gasteiger partial charge in [0, 0.05) is 12.2 Å². The molecule has 12 heteroatoms. The van der Waals surface area contributed by atoms with Gasteiger partial charge in [0.15, 0.2) is 18.2 Å². The number of tetrazole rings is 1. The maximum absolute atomic E-state index is 13.3. The van der Waals surface area contributed by atoms with Gasteiger partial charge in [0.25, 0.3) is 0 Å². The molecule has 0 unspecified atom stereocenters. The van der Waals surface area contributed by atoms with Crippen LogP contribution in [0.2, 0.25) is 0 Å². The summed E-state index contributed by atoms with van der Waals surface area (Å²) in [4.78, 5) is 30.2. The topological polar surface area (TPSA) is 154 Å². The smallest absolute Gasteiger partial charge is 0.359 e. The Morgan fingerprint density at radius 2 is 1.64 bits per heavy atom. The van der Waals surface area contributed by atoms with E-state index in [-0.39, 0.29) is 31.3 Å². The highest BCUT2D eigenvalue weighted by Gasteiger charge is 2.34. The molecule has 0 saturated heterocycles. The Labute approximate surface area is 244 Å². The van der Waals surface area contributed by atoms with E-state index in [2.05, 4.69) is 25.6 Å². The van der Waals surface area contributed by atoms with Crippen LogP contribution in [-0.4, -0.2) is 53.8 Å². The third-order valence-corrected chi connectivity index (χ3v) is 6.35. The second-order valence-corrected chi connectivity index (χ2v) is 11.2. The minimum Gasteiger partial charge on any atom is -0.456 e. The van der Waals surface area contributed by atoms with Crippen molar-refractivity contribution in [1.29, 1.82) is 0 Å². The molecule has 2 N–H and O–H groups in total. The summed E-state index contributed by atoms with van der Waals surface area (Å²) in [6.45, 7) is 10.3. The number of hydrogen-bond acceptors (Lipinski definition) is 10. The summed E-state index contributed by atoms with van der Waals surface area (Å²) in [5.74, 6) is -0.277. The Morgan fingerprint density at radius 1 is 0.952 bits per heavy atom. The summed E-state index contributed by atoms with van der Waals surface area (Å²) in [6, 6.07) is 15.3.